The molecule has 15 heavy (non-hydrogen) atoms. The van der Waals surface area contributed by atoms with E-state index in [0.29, 0.717) is 5.02 Å². The number of hydrogen-bond donors (Lipinski definition) is 0. The van der Waals surface area contributed by atoms with E-state index in [2.05, 4.69) is 20.9 Å². The maximum atomic E-state index is 5.85. The molecule has 74 valence electrons. The smallest absolute Gasteiger partial charge is 0.155 e. The number of pyridine rings is 1. The third-order valence-corrected chi connectivity index (χ3v) is 2.94. The van der Waals surface area contributed by atoms with Crippen LogP contribution in [0.5, 0.6) is 0 Å². The summed E-state index contributed by atoms with van der Waals surface area (Å²) in [6.07, 6.45) is 1.62. The predicted octanol–water partition coefficient (Wildman–Crippen LogP) is 4.40. The minimum absolute atomic E-state index is 0.584. The van der Waals surface area contributed by atoms with Crippen molar-refractivity contribution < 1.29 is 4.42 Å². The van der Waals surface area contributed by atoms with Crippen LogP contribution in [-0.2, 0) is 0 Å². The SMILES string of the molecule is Clc1cnc2c(c1)oc1ccc(Br)cc12. The molecule has 3 rings (SSSR count). The van der Waals surface area contributed by atoms with Gasteiger partial charge < -0.3 is 4.42 Å². The minimum Gasteiger partial charge on any atom is -0.454 e. The Labute approximate surface area is 99.0 Å². The summed E-state index contributed by atoms with van der Waals surface area (Å²) >= 11 is 9.27. The van der Waals surface area contributed by atoms with Gasteiger partial charge in [-0.3, -0.25) is 4.98 Å². The van der Waals surface area contributed by atoms with Gasteiger partial charge in [0, 0.05) is 22.1 Å². The highest BCUT2D eigenvalue weighted by Gasteiger charge is 2.08. The Bertz CT molecular complexity index is 662. The summed E-state index contributed by atoms with van der Waals surface area (Å²) in [6, 6.07) is 7.61. The first-order valence-electron chi connectivity index (χ1n) is 4.37. The maximum Gasteiger partial charge on any atom is 0.155 e. The molecule has 2 nitrogen and oxygen atoms in total. The van der Waals surface area contributed by atoms with Gasteiger partial charge in [-0.05, 0) is 18.2 Å². The quantitative estimate of drug-likeness (QED) is 0.611. The molecule has 4 heteroatoms. The van der Waals surface area contributed by atoms with Crippen molar-refractivity contribution in [3.8, 4) is 0 Å². The van der Waals surface area contributed by atoms with E-state index in [1.165, 1.54) is 0 Å². The fourth-order valence-electron chi connectivity index (χ4n) is 1.60. The summed E-state index contributed by atoms with van der Waals surface area (Å²) in [5, 5.41) is 1.58. The number of nitrogens with zero attached hydrogens (tertiary/aromatic N) is 1. The molecule has 0 N–H and O–H groups in total. The molecule has 0 saturated heterocycles. The Balaban J connectivity index is 2.53. The van der Waals surface area contributed by atoms with E-state index >= 15 is 0 Å². The van der Waals surface area contributed by atoms with Crippen molar-refractivity contribution in [2.24, 2.45) is 0 Å². The normalized spacial score (nSPS) is 11.3. The first kappa shape index (κ1) is 9.19. The molecule has 0 spiro atoms. The Morgan fingerprint density at radius 2 is 2.07 bits per heavy atom. The second-order valence-electron chi connectivity index (χ2n) is 3.24. The molecule has 2 heterocycles. The van der Waals surface area contributed by atoms with Crippen molar-refractivity contribution in [1.29, 1.82) is 0 Å². The number of furan rings is 1. The second kappa shape index (κ2) is 3.22. The highest BCUT2D eigenvalue weighted by Crippen LogP contribution is 2.30. The Morgan fingerprint density at radius 1 is 1.20 bits per heavy atom. The van der Waals surface area contributed by atoms with Crippen molar-refractivity contribution in [2.75, 3.05) is 0 Å². The van der Waals surface area contributed by atoms with Crippen LogP contribution in [-0.4, -0.2) is 4.98 Å². The second-order valence-corrected chi connectivity index (χ2v) is 4.59. The van der Waals surface area contributed by atoms with E-state index < -0.39 is 0 Å². The summed E-state index contributed by atoms with van der Waals surface area (Å²) in [7, 11) is 0. The minimum atomic E-state index is 0.584. The van der Waals surface area contributed by atoms with Gasteiger partial charge in [0.1, 0.15) is 11.1 Å². The maximum absolute atomic E-state index is 5.85. The zero-order chi connectivity index (χ0) is 10.4. The molecule has 0 saturated carbocycles. The Hall–Kier alpha value is -1.06. The number of rotatable bonds is 0. The molecular formula is C11H5BrClNO. The highest BCUT2D eigenvalue weighted by molar-refractivity contribution is 9.10. The first-order valence-corrected chi connectivity index (χ1v) is 5.54. The largest absolute Gasteiger partial charge is 0.454 e. The van der Waals surface area contributed by atoms with Gasteiger partial charge in [0.25, 0.3) is 0 Å². The predicted molar refractivity (Wildman–Crippen MR) is 64.2 cm³/mol. The molecule has 0 unspecified atom stereocenters. The number of aromatic nitrogens is 1. The average molecular weight is 283 g/mol. The van der Waals surface area contributed by atoms with Gasteiger partial charge in [-0.25, -0.2) is 0 Å². The van der Waals surface area contributed by atoms with Crippen LogP contribution in [0.4, 0.5) is 0 Å². The molecule has 0 aliphatic rings. The average Bonchev–Trinajstić information content (AvgIpc) is 2.54. The van der Waals surface area contributed by atoms with Gasteiger partial charge in [-0.15, -0.1) is 0 Å². The molecule has 0 aliphatic heterocycles. The molecule has 1 aromatic carbocycles. The number of halogens is 2. The van der Waals surface area contributed by atoms with Crippen LogP contribution in [0, 0.1) is 0 Å². The lowest BCUT2D eigenvalue weighted by Crippen LogP contribution is -1.73. The van der Waals surface area contributed by atoms with Gasteiger partial charge in [-0.1, -0.05) is 27.5 Å². The van der Waals surface area contributed by atoms with Crippen molar-refractivity contribution in [2.45, 2.75) is 0 Å². The molecule has 0 atom stereocenters. The van der Waals surface area contributed by atoms with Gasteiger partial charge in [0.2, 0.25) is 0 Å². The third kappa shape index (κ3) is 1.43. The molecular weight excluding hydrogens is 277 g/mol. The van der Waals surface area contributed by atoms with Crippen LogP contribution < -0.4 is 0 Å². The van der Waals surface area contributed by atoms with Crippen LogP contribution >= 0.6 is 27.5 Å². The lowest BCUT2D eigenvalue weighted by Gasteiger charge is -1.90. The topological polar surface area (TPSA) is 26.0 Å². The van der Waals surface area contributed by atoms with Gasteiger partial charge in [-0.2, -0.15) is 0 Å². The zero-order valence-corrected chi connectivity index (χ0v) is 9.84. The van der Waals surface area contributed by atoms with Gasteiger partial charge in [0.15, 0.2) is 5.58 Å². The standard InChI is InChI=1S/C11H5BrClNO/c12-6-1-2-9-8(3-6)11-10(15-9)4-7(13)5-14-11/h1-5H. The van der Waals surface area contributed by atoms with Crippen LogP contribution in [0.25, 0.3) is 22.1 Å². The van der Waals surface area contributed by atoms with E-state index in [1.807, 2.05) is 18.2 Å². The van der Waals surface area contributed by atoms with Gasteiger partial charge in [0.05, 0.1) is 5.02 Å². The van der Waals surface area contributed by atoms with Crippen molar-refractivity contribution in [3.63, 3.8) is 0 Å². The third-order valence-electron chi connectivity index (χ3n) is 2.24. The van der Waals surface area contributed by atoms with Crippen LogP contribution in [0.15, 0.2) is 39.4 Å². The number of hydrogen-bond acceptors (Lipinski definition) is 2. The van der Waals surface area contributed by atoms with E-state index in [1.54, 1.807) is 12.3 Å². The summed E-state index contributed by atoms with van der Waals surface area (Å²) in [6.45, 7) is 0. The number of benzene rings is 1. The lowest BCUT2D eigenvalue weighted by atomic mass is 10.2. The van der Waals surface area contributed by atoms with E-state index in [0.717, 1.165) is 26.5 Å². The van der Waals surface area contributed by atoms with Crippen LogP contribution in [0.2, 0.25) is 5.02 Å². The lowest BCUT2D eigenvalue weighted by molar-refractivity contribution is 0.668. The summed E-state index contributed by atoms with van der Waals surface area (Å²) in [5.74, 6) is 0. The fraction of sp³-hybridized carbons (Fsp3) is 0. The zero-order valence-electron chi connectivity index (χ0n) is 7.50. The Morgan fingerprint density at radius 3 is 2.93 bits per heavy atom. The van der Waals surface area contributed by atoms with Crippen molar-refractivity contribution >= 4 is 49.6 Å². The first-order chi connectivity index (χ1) is 7.24. The van der Waals surface area contributed by atoms with Crippen molar-refractivity contribution in [1.82, 2.24) is 4.98 Å². The number of fused-ring (bicyclic) bond motifs is 3. The Kier molecular flexibility index (Phi) is 1.97. The molecule has 0 bridgehead atoms. The summed E-state index contributed by atoms with van der Waals surface area (Å²) in [4.78, 5) is 4.26. The molecule has 3 aromatic rings. The van der Waals surface area contributed by atoms with Crippen LogP contribution in [0.1, 0.15) is 0 Å². The molecule has 0 aliphatic carbocycles. The molecule has 0 radical (unpaired) electrons. The van der Waals surface area contributed by atoms with Crippen molar-refractivity contribution in [3.05, 3.63) is 40.0 Å². The van der Waals surface area contributed by atoms with E-state index in [-0.39, 0.29) is 0 Å². The molecule has 2 aromatic heterocycles. The fourth-order valence-corrected chi connectivity index (χ4v) is 2.10. The summed E-state index contributed by atoms with van der Waals surface area (Å²) < 4.78 is 6.63. The summed E-state index contributed by atoms with van der Waals surface area (Å²) in [5.41, 5.74) is 2.38. The molecule has 0 amide bonds. The van der Waals surface area contributed by atoms with Gasteiger partial charge >= 0.3 is 0 Å². The highest BCUT2D eigenvalue weighted by atomic mass is 79.9. The molecule has 0 fully saturated rings. The van der Waals surface area contributed by atoms with E-state index in [9.17, 15) is 0 Å². The monoisotopic (exact) mass is 281 g/mol. The van der Waals surface area contributed by atoms with E-state index in [4.69, 9.17) is 16.0 Å². The van der Waals surface area contributed by atoms with Crippen LogP contribution in [0.3, 0.4) is 0 Å².